The molecule has 2 atom stereocenters. The molecule has 4 nitrogen and oxygen atoms in total. The van der Waals surface area contributed by atoms with Crippen LogP contribution in [0.25, 0.3) is 0 Å². The Morgan fingerprint density at radius 2 is 1.96 bits per heavy atom. The number of hydrogen-bond donors (Lipinski definition) is 0. The lowest BCUT2D eigenvalue weighted by Gasteiger charge is -2.37. The van der Waals surface area contributed by atoms with Crippen LogP contribution in [0.4, 0.5) is 4.39 Å². The lowest BCUT2D eigenvalue weighted by molar-refractivity contribution is 0.0443. The summed E-state index contributed by atoms with van der Waals surface area (Å²) >= 11 is 0. The fourth-order valence-electron chi connectivity index (χ4n) is 3.87. The summed E-state index contributed by atoms with van der Waals surface area (Å²) in [6, 6.07) is 13.5. The molecule has 2 fully saturated rings. The van der Waals surface area contributed by atoms with Crippen molar-refractivity contribution in [3.8, 4) is 0 Å². The van der Waals surface area contributed by atoms with E-state index in [-0.39, 0.29) is 11.9 Å². The Morgan fingerprint density at radius 3 is 2.80 bits per heavy atom. The SMILES string of the molecule is Fc1ccccc1CO[C@@H]1C[C@H]2CN(Cc3ccccn3)CCN2C1. The summed E-state index contributed by atoms with van der Waals surface area (Å²) in [7, 11) is 0. The van der Waals surface area contributed by atoms with Gasteiger partial charge in [0, 0.05) is 50.5 Å². The third-order valence-corrected chi connectivity index (χ3v) is 5.21. The zero-order valence-corrected chi connectivity index (χ0v) is 14.4. The summed E-state index contributed by atoms with van der Waals surface area (Å²) in [6.45, 7) is 5.40. The third kappa shape index (κ3) is 4.06. The molecule has 5 heteroatoms. The normalized spacial score (nSPS) is 24.4. The van der Waals surface area contributed by atoms with Crippen LogP contribution in [0.1, 0.15) is 17.7 Å². The predicted octanol–water partition coefficient (Wildman–Crippen LogP) is 2.70. The minimum Gasteiger partial charge on any atom is -0.372 e. The summed E-state index contributed by atoms with van der Waals surface area (Å²) in [5, 5.41) is 0. The molecule has 4 rings (SSSR count). The van der Waals surface area contributed by atoms with Crippen molar-refractivity contribution in [3.05, 3.63) is 65.7 Å². The number of aromatic nitrogens is 1. The maximum atomic E-state index is 13.7. The second-order valence-electron chi connectivity index (χ2n) is 6.97. The molecule has 1 aromatic carbocycles. The van der Waals surface area contributed by atoms with E-state index in [1.165, 1.54) is 6.07 Å². The molecule has 2 saturated heterocycles. The zero-order chi connectivity index (χ0) is 17.1. The molecule has 0 aliphatic carbocycles. The van der Waals surface area contributed by atoms with Crippen molar-refractivity contribution < 1.29 is 9.13 Å². The lowest BCUT2D eigenvalue weighted by Crippen LogP contribution is -2.49. The predicted molar refractivity (Wildman–Crippen MR) is 94.5 cm³/mol. The molecule has 25 heavy (non-hydrogen) atoms. The van der Waals surface area contributed by atoms with Gasteiger partial charge in [-0.15, -0.1) is 0 Å². The number of ether oxygens (including phenoxy) is 1. The first-order valence-corrected chi connectivity index (χ1v) is 8.99. The van der Waals surface area contributed by atoms with Gasteiger partial charge in [0.1, 0.15) is 5.82 Å². The molecule has 2 aliphatic heterocycles. The second kappa shape index (κ2) is 7.60. The van der Waals surface area contributed by atoms with Crippen molar-refractivity contribution in [2.45, 2.75) is 31.7 Å². The van der Waals surface area contributed by atoms with Gasteiger partial charge < -0.3 is 4.74 Å². The molecular weight excluding hydrogens is 317 g/mol. The van der Waals surface area contributed by atoms with Gasteiger partial charge in [-0.05, 0) is 24.6 Å². The Bertz CT molecular complexity index is 696. The fraction of sp³-hybridized carbons (Fsp3) is 0.450. The molecule has 2 aromatic rings. The smallest absolute Gasteiger partial charge is 0.128 e. The lowest BCUT2D eigenvalue weighted by atomic mass is 10.1. The van der Waals surface area contributed by atoms with Crippen molar-refractivity contribution in [1.29, 1.82) is 0 Å². The number of benzene rings is 1. The molecule has 0 saturated carbocycles. The summed E-state index contributed by atoms with van der Waals surface area (Å²) in [5.74, 6) is -0.181. The van der Waals surface area contributed by atoms with Crippen LogP contribution in [0, 0.1) is 5.82 Å². The number of nitrogens with zero attached hydrogens (tertiary/aromatic N) is 3. The minimum absolute atomic E-state index is 0.181. The third-order valence-electron chi connectivity index (χ3n) is 5.21. The van der Waals surface area contributed by atoms with Crippen molar-refractivity contribution in [2.75, 3.05) is 26.2 Å². The highest BCUT2D eigenvalue weighted by Crippen LogP contribution is 2.25. The summed E-state index contributed by atoms with van der Waals surface area (Å²) in [4.78, 5) is 9.42. The van der Waals surface area contributed by atoms with E-state index in [1.54, 1.807) is 12.1 Å². The number of halogens is 1. The standard InChI is InChI=1S/C20H24FN3O/c21-20-7-2-1-5-16(20)15-25-19-11-18-13-23(9-10-24(18)14-19)12-17-6-3-4-8-22-17/h1-8,18-19H,9-15H2/t18-,19+/m0/s1. The van der Waals surface area contributed by atoms with Gasteiger partial charge in [0.25, 0.3) is 0 Å². The van der Waals surface area contributed by atoms with Gasteiger partial charge in [0.05, 0.1) is 18.4 Å². The van der Waals surface area contributed by atoms with Gasteiger partial charge in [-0.25, -0.2) is 4.39 Å². The highest BCUT2D eigenvalue weighted by molar-refractivity contribution is 5.16. The van der Waals surface area contributed by atoms with E-state index < -0.39 is 0 Å². The van der Waals surface area contributed by atoms with E-state index in [2.05, 4.69) is 20.9 Å². The van der Waals surface area contributed by atoms with E-state index >= 15 is 0 Å². The highest BCUT2D eigenvalue weighted by atomic mass is 19.1. The van der Waals surface area contributed by atoms with Crippen molar-refractivity contribution in [3.63, 3.8) is 0 Å². The fourth-order valence-corrected chi connectivity index (χ4v) is 3.87. The average Bonchev–Trinajstić information content (AvgIpc) is 3.04. The first-order valence-electron chi connectivity index (χ1n) is 8.99. The molecule has 132 valence electrons. The molecule has 3 heterocycles. The van der Waals surface area contributed by atoms with Gasteiger partial charge in [-0.3, -0.25) is 14.8 Å². The Labute approximate surface area is 148 Å². The van der Waals surface area contributed by atoms with E-state index in [9.17, 15) is 4.39 Å². The molecule has 0 bridgehead atoms. The van der Waals surface area contributed by atoms with Gasteiger partial charge in [-0.1, -0.05) is 24.3 Å². The molecular formula is C20H24FN3O. The Kier molecular flexibility index (Phi) is 5.06. The molecule has 1 aromatic heterocycles. The quantitative estimate of drug-likeness (QED) is 0.836. The van der Waals surface area contributed by atoms with Gasteiger partial charge in [0.2, 0.25) is 0 Å². The van der Waals surface area contributed by atoms with E-state index in [4.69, 9.17) is 4.74 Å². The van der Waals surface area contributed by atoms with Crippen LogP contribution >= 0.6 is 0 Å². The highest BCUT2D eigenvalue weighted by Gasteiger charge is 2.36. The molecule has 2 aliphatic rings. The van der Waals surface area contributed by atoms with Crippen molar-refractivity contribution in [2.24, 2.45) is 0 Å². The maximum absolute atomic E-state index is 13.7. The molecule has 0 N–H and O–H groups in total. The van der Waals surface area contributed by atoms with Crippen LogP contribution < -0.4 is 0 Å². The van der Waals surface area contributed by atoms with Crippen LogP contribution in [0.2, 0.25) is 0 Å². The van der Waals surface area contributed by atoms with Crippen molar-refractivity contribution in [1.82, 2.24) is 14.8 Å². The number of piperazine rings is 1. The monoisotopic (exact) mass is 341 g/mol. The van der Waals surface area contributed by atoms with Crippen LogP contribution in [0.3, 0.4) is 0 Å². The molecule has 0 spiro atoms. The van der Waals surface area contributed by atoms with E-state index in [0.717, 1.165) is 44.8 Å². The van der Waals surface area contributed by atoms with Gasteiger partial charge >= 0.3 is 0 Å². The summed E-state index contributed by atoms with van der Waals surface area (Å²) in [5.41, 5.74) is 1.77. The average molecular weight is 341 g/mol. The van der Waals surface area contributed by atoms with Crippen LogP contribution in [0.15, 0.2) is 48.7 Å². The van der Waals surface area contributed by atoms with Gasteiger partial charge in [0.15, 0.2) is 0 Å². The summed E-state index contributed by atoms with van der Waals surface area (Å²) < 4.78 is 19.7. The van der Waals surface area contributed by atoms with Gasteiger partial charge in [-0.2, -0.15) is 0 Å². The topological polar surface area (TPSA) is 28.6 Å². The van der Waals surface area contributed by atoms with E-state index in [1.807, 2.05) is 24.4 Å². The zero-order valence-electron chi connectivity index (χ0n) is 14.4. The van der Waals surface area contributed by atoms with Crippen LogP contribution in [0.5, 0.6) is 0 Å². The number of hydrogen-bond acceptors (Lipinski definition) is 4. The Morgan fingerprint density at radius 1 is 1.08 bits per heavy atom. The Hall–Kier alpha value is -1.82. The van der Waals surface area contributed by atoms with Crippen LogP contribution in [-0.4, -0.2) is 53.1 Å². The van der Waals surface area contributed by atoms with Crippen LogP contribution in [-0.2, 0) is 17.9 Å². The number of pyridine rings is 1. The minimum atomic E-state index is -0.181. The maximum Gasteiger partial charge on any atom is 0.128 e. The Balaban J connectivity index is 1.29. The van der Waals surface area contributed by atoms with E-state index in [0.29, 0.717) is 18.2 Å². The molecule has 0 radical (unpaired) electrons. The summed E-state index contributed by atoms with van der Waals surface area (Å²) in [6.07, 6.45) is 3.07. The van der Waals surface area contributed by atoms with Crippen molar-refractivity contribution >= 4 is 0 Å². The number of fused-ring (bicyclic) bond motifs is 1. The first-order chi connectivity index (χ1) is 12.3. The largest absolute Gasteiger partial charge is 0.372 e. The first kappa shape index (κ1) is 16.6. The number of rotatable bonds is 5. The molecule has 0 amide bonds. The molecule has 0 unspecified atom stereocenters. The second-order valence-corrected chi connectivity index (χ2v) is 6.97.